The molecule has 2 aliphatic rings. The minimum Gasteiger partial charge on any atom is -0.485 e. The first-order valence-corrected chi connectivity index (χ1v) is 9.76. The molecule has 0 spiro atoms. The molecular formula is C16H23N3O3S. The van der Waals surface area contributed by atoms with Crippen molar-refractivity contribution < 1.29 is 13.2 Å². The second-order valence-corrected chi connectivity index (χ2v) is 8.19. The molecule has 1 saturated carbocycles. The van der Waals surface area contributed by atoms with Crippen molar-refractivity contribution in [3.8, 4) is 5.75 Å². The summed E-state index contributed by atoms with van der Waals surface area (Å²) >= 11 is 0. The minimum absolute atomic E-state index is 0.393. The number of nitrogens with one attached hydrogen (secondary N) is 1. The van der Waals surface area contributed by atoms with Crippen molar-refractivity contribution in [2.45, 2.75) is 19.3 Å². The lowest BCUT2D eigenvalue weighted by Gasteiger charge is -2.22. The highest BCUT2D eigenvalue weighted by Crippen LogP contribution is 2.39. The Kier molecular flexibility index (Phi) is 4.48. The number of rotatable bonds is 7. The third-order valence-corrected chi connectivity index (χ3v) is 5.43. The van der Waals surface area contributed by atoms with Gasteiger partial charge in [-0.15, -0.1) is 0 Å². The predicted octanol–water partition coefficient (Wildman–Crippen LogP) is 1.42. The Labute approximate surface area is 137 Å². The highest BCUT2D eigenvalue weighted by molar-refractivity contribution is 7.92. The second-order valence-electron chi connectivity index (χ2n) is 6.18. The van der Waals surface area contributed by atoms with E-state index in [2.05, 4.69) is 10.3 Å². The average molecular weight is 337 g/mol. The number of benzene rings is 1. The molecule has 1 fully saturated rings. The van der Waals surface area contributed by atoms with E-state index in [1.807, 2.05) is 18.2 Å². The number of amidine groups is 1. The zero-order chi connectivity index (χ0) is 16.4. The maximum atomic E-state index is 11.9. The molecule has 7 heteroatoms. The topological polar surface area (TPSA) is 71.0 Å². The lowest BCUT2D eigenvalue weighted by molar-refractivity contribution is 0.369. The van der Waals surface area contributed by atoms with E-state index in [0.29, 0.717) is 18.2 Å². The third kappa shape index (κ3) is 3.96. The van der Waals surface area contributed by atoms with Crippen LogP contribution < -0.4 is 14.4 Å². The van der Waals surface area contributed by atoms with Crippen LogP contribution >= 0.6 is 0 Å². The molecule has 1 aromatic rings. The molecule has 0 unspecified atom stereocenters. The van der Waals surface area contributed by atoms with Gasteiger partial charge in [0.25, 0.3) is 0 Å². The number of hydrogen-bond donors (Lipinski definition) is 1. The maximum Gasteiger partial charge on any atom is 0.232 e. The molecule has 1 aliphatic carbocycles. The number of anilines is 1. The molecule has 0 aromatic heterocycles. The molecule has 1 aliphatic heterocycles. The Hall–Kier alpha value is -1.76. The molecule has 0 atom stereocenters. The van der Waals surface area contributed by atoms with Gasteiger partial charge in [0.05, 0.1) is 18.5 Å². The summed E-state index contributed by atoms with van der Waals surface area (Å²) in [6.07, 6.45) is 4.47. The second kappa shape index (κ2) is 6.39. The molecular weight excluding hydrogens is 314 g/mol. The van der Waals surface area contributed by atoms with Crippen molar-refractivity contribution in [1.29, 1.82) is 0 Å². The lowest BCUT2D eigenvalue weighted by Crippen LogP contribution is -2.27. The van der Waals surface area contributed by atoms with Crippen LogP contribution in [0.1, 0.15) is 18.4 Å². The van der Waals surface area contributed by atoms with Crippen LogP contribution in [-0.4, -0.2) is 47.3 Å². The number of ether oxygens (including phenoxy) is 1. The smallest absolute Gasteiger partial charge is 0.232 e. The molecule has 6 nitrogen and oxygen atoms in total. The van der Waals surface area contributed by atoms with E-state index in [0.717, 1.165) is 36.7 Å². The Morgan fingerprint density at radius 2 is 2.17 bits per heavy atom. The minimum atomic E-state index is -3.30. The summed E-state index contributed by atoms with van der Waals surface area (Å²) in [5, 5.41) is 3.18. The summed E-state index contributed by atoms with van der Waals surface area (Å²) in [5.74, 6) is 2.24. The van der Waals surface area contributed by atoms with Gasteiger partial charge in [-0.3, -0.25) is 9.30 Å². The van der Waals surface area contributed by atoms with E-state index in [9.17, 15) is 8.42 Å². The van der Waals surface area contributed by atoms with E-state index >= 15 is 0 Å². The van der Waals surface area contributed by atoms with Crippen LogP contribution in [-0.2, 0) is 16.4 Å². The van der Waals surface area contributed by atoms with Crippen LogP contribution in [0.15, 0.2) is 23.2 Å². The summed E-state index contributed by atoms with van der Waals surface area (Å²) in [5.41, 5.74) is 1.68. The van der Waals surface area contributed by atoms with Crippen LogP contribution in [0, 0.1) is 5.92 Å². The van der Waals surface area contributed by atoms with E-state index in [-0.39, 0.29) is 0 Å². The Morgan fingerprint density at radius 3 is 2.78 bits per heavy atom. The summed E-state index contributed by atoms with van der Waals surface area (Å²) < 4.78 is 31.1. The van der Waals surface area contributed by atoms with Crippen LogP contribution in [0.2, 0.25) is 0 Å². The Morgan fingerprint density at radius 1 is 1.39 bits per heavy atom. The standard InChI is InChI=1S/C16H23N3O3S/c1-19(23(2,20)21)14-4-3-5-15(13(14)10-12-6-7-12)22-11-16-17-8-9-18-16/h3-5,12H,6-11H2,1-2H3,(H,17,18). The number of nitrogens with zero attached hydrogens (tertiary/aromatic N) is 2. The first-order chi connectivity index (χ1) is 10.9. The van der Waals surface area contributed by atoms with Crippen molar-refractivity contribution in [1.82, 2.24) is 5.32 Å². The summed E-state index contributed by atoms with van der Waals surface area (Å²) in [4.78, 5) is 4.32. The van der Waals surface area contributed by atoms with Crippen LogP contribution in [0.4, 0.5) is 5.69 Å². The van der Waals surface area contributed by atoms with E-state index < -0.39 is 10.0 Å². The van der Waals surface area contributed by atoms with Gasteiger partial charge in [0, 0.05) is 19.2 Å². The summed E-state index contributed by atoms with van der Waals surface area (Å²) in [7, 11) is -1.71. The molecule has 1 aromatic carbocycles. The number of sulfonamides is 1. The van der Waals surface area contributed by atoms with Gasteiger partial charge >= 0.3 is 0 Å². The van der Waals surface area contributed by atoms with E-state index in [4.69, 9.17) is 4.74 Å². The van der Waals surface area contributed by atoms with Gasteiger partial charge in [0.15, 0.2) is 0 Å². The van der Waals surface area contributed by atoms with Crippen molar-refractivity contribution in [2.75, 3.05) is 37.3 Å². The van der Waals surface area contributed by atoms with Crippen molar-refractivity contribution in [3.63, 3.8) is 0 Å². The van der Waals surface area contributed by atoms with Gasteiger partial charge in [0.2, 0.25) is 10.0 Å². The van der Waals surface area contributed by atoms with Crippen molar-refractivity contribution in [2.24, 2.45) is 10.9 Å². The van der Waals surface area contributed by atoms with Gasteiger partial charge in [-0.25, -0.2) is 8.42 Å². The highest BCUT2D eigenvalue weighted by atomic mass is 32.2. The summed E-state index contributed by atoms with van der Waals surface area (Å²) in [6.45, 7) is 2.03. The van der Waals surface area contributed by atoms with Gasteiger partial charge < -0.3 is 10.1 Å². The Bertz CT molecular complexity index is 711. The molecule has 0 bridgehead atoms. The largest absolute Gasteiger partial charge is 0.485 e. The molecule has 1 N–H and O–H groups in total. The normalized spacial score (nSPS) is 17.6. The zero-order valence-corrected chi connectivity index (χ0v) is 14.4. The fraction of sp³-hybridized carbons (Fsp3) is 0.562. The fourth-order valence-corrected chi connectivity index (χ4v) is 3.20. The number of aliphatic imine (C=N–C) groups is 1. The van der Waals surface area contributed by atoms with Crippen LogP contribution in [0.5, 0.6) is 5.75 Å². The van der Waals surface area contributed by atoms with Crippen molar-refractivity contribution in [3.05, 3.63) is 23.8 Å². The van der Waals surface area contributed by atoms with E-state index in [1.165, 1.54) is 23.4 Å². The predicted molar refractivity (Wildman–Crippen MR) is 91.9 cm³/mol. The molecule has 0 radical (unpaired) electrons. The van der Waals surface area contributed by atoms with Gasteiger partial charge in [-0.1, -0.05) is 6.07 Å². The highest BCUT2D eigenvalue weighted by Gasteiger charge is 2.27. The molecule has 1 heterocycles. The van der Waals surface area contributed by atoms with Crippen molar-refractivity contribution >= 4 is 21.5 Å². The van der Waals surface area contributed by atoms with Crippen LogP contribution in [0.3, 0.4) is 0 Å². The van der Waals surface area contributed by atoms with Gasteiger partial charge in [-0.05, 0) is 37.3 Å². The molecule has 3 rings (SSSR count). The SMILES string of the molecule is CN(c1cccc(OCC2=NCCN2)c1CC1CC1)S(C)(=O)=O. The summed E-state index contributed by atoms with van der Waals surface area (Å²) in [6, 6.07) is 5.59. The number of hydrogen-bond acceptors (Lipinski definition) is 5. The molecule has 0 saturated heterocycles. The first-order valence-electron chi connectivity index (χ1n) is 7.91. The molecule has 0 amide bonds. The van der Waals surface area contributed by atoms with Crippen LogP contribution in [0.25, 0.3) is 0 Å². The van der Waals surface area contributed by atoms with Gasteiger partial charge in [0.1, 0.15) is 18.2 Å². The van der Waals surface area contributed by atoms with E-state index in [1.54, 1.807) is 7.05 Å². The monoisotopic (exact) mass is 337 g/mol. The lowest BCUT2D eigenvalue weighted by atomic mass is 10.1. The fourth-order valence-electron chi connectivity index (χ4n) is 2.67. The zero-order valence-electron chi connectivity index (χ0n) is 13.6. The molecule has 126 valence electrons. The van der Waals surface area contributed by atoms with Gasteiger partial charge in [-0.2, -0.15) is 0 Å². The average Bonchev–Trinajstić information content (AvgIpc) is 3.16. The Balaban J connectivity index is 1.87. The first kappa shape index (κ1) is 16.1. The maximum absolute atomic E-state index is 11.9. The quantitative estimate of drug-likeness (QED) is 0.817. The third-order valence-electron chi connectivity index (χ3n) is 4.24. The molecule has 23 heavy (non-hydrogen) atoms.